The molecule has 4 nitrogen and oxygen atoms in total. The largest absolute Gasteiger partial charge is 0.472 e. The van der Waals surface area contributed by atoms with Gasteiger partial charge in [-0.3, -0.25) is 4.79 Å². The number of carbonyl (C=O) groups is 1. The van der Waals surface area contributed by atoms with Gasteiger partial charge < -0.3 is 9.64 Å². The Labute approximate surface area is 136 Å². The lowest BCUT2D eigenvalue weighted by molar-refractivity contribution is 0.0765. The first-order valence-electron chi connectivity index (χ1n) is 7.49. The van der Waals surface area contributed by atoms with Gasteiger partial charge in [-0.2, -0.15) is 0 Å². The summed E-state index contributed by atoms with van der Waals surface area (Å²) in [6, 6.07) is 7.06. The van der Waals surface area contributed by atoms with Crippen molar-refractivity contribution in [1.29, 1.82) is 0 Å². The Kier molecular flexibility index (Phi) is 4.42. The van der Waals surface area contributed by atoms with Gasteiger partial charge >= 0.3 is 0 Å². The summed E-state index contributed by atoms with van der Waals surface area (Å²) in [5.74, 6) is -4.67. The van der Waals surface area contributed by atoms with E-state index in [-0.39, 0.29) is 12.6 Å². The van der Waals surface area contributed by atoms with Gasteiger partial charge in [-0.05, 0) is 25.1 Å². The number of likely N-dealkylation sites (tertiary alicyclic amines) is 1. The molecule has 1 atom stereocenters. The summed E-state index contributed by atoms with van der Waals surface area (Å²) >= 11 is 0. The van der Waals surface area contributed by atoms with Crippen LogP contribution in [0.15, 0.2) is 30.3 Å². The maximum Gasteiger partial charge on any atom is 0.257 e. The van der Waals surface area contributed by atoms with Gasteiger partial charge in [0.25, 0.3) is 5.91 Å². The van der Waals surface area contributed by atoms with Gasteiger partial charge in [-0.25, -0.2) is 18.2 Å². The van der Waals surface area contributed by atoms with Crippen LogP contribution < -0.4 is 4.74 Å². The standard InChI is InChI=1S/C17H15F3N2O2/c1-10-3-2-4-14(21-10)24-11-7-8-22(9-11)17(23)12-5-6-13(18)16(20)15(12)19/h2-6,11H,7-9H2,1H3. The van der Waals surface area contributed by atoms with Crippen molar-refractivity contribution in [2.24, 2.45) is 0 Å². The van der Waals surface area contributed by atoms with Gasteiger partial charge in [0.1, 0.15) is 6.10 Å². The molecule has 1 aliphatic rings. The SMILES string of the molecule is Cc1cccc(OC2CCN(C(=O)c3ccc(F)c(F)c3F)C2)n1. The van der Waals surface area contributed by atoms with Crippen molar-refractivity contribution in [1.82, 2.24) is 9.88 Å². The highest BCUT2D eigenvalue weighted by atomic mass is 19.2. The summed E-state index contributed by atoms with van der Waals surface area (Å²) in [6.45, 7) is 2.41. The van der Waals surface area contributed by atoms with Gasteiger partial charge in [-0.1, -0.05) is 6.07 Å². The van der Waals surface area contributed by atoms with Crippen molar-refractivity contribution < 1.29 is 22.7 Å². The first kappa shape index (κ1) is 16.3. The Morgan fingerprint density at radius 2 is 2.00 bits per heavy atom. The molecule has 0 bridgehead atoms. The number of rotatable bonds is 3. The van der Waals surface area contributed by atoms with Crippen molar-refractivity contribution in [2.75, 3.05) is 13.1 Å². The van der Waals surface area contributed by atoms with E-state index < -0.39 is 28.9 Å². The third-order valence-electron chi connectivity index (χ3n) is 3.85. The van der Waals surface area contributed by atoms with Crippen LogP contribution in [0.5, 0.6) is 5.88 Å². The number of nitrogens with zero attached hydrogens (tertiary/aromatic N) is 2. The fraction of sp³-hybridized carbons (Fsp3) is 0.294. The van der Waals surface area contributed by atoms with Gasteiger partial charge in [0.15, 0.2) is 17.5 Å². The number of hydrogen-bond acceptors (Lipinski definition) is 3. The van der Waals surface area contributed by atoms with Crippen LogP contribution in [0.25, 0.3) is 0 Å². The maximum absolute atomic E-state index is 13.8. The Bertz CT molecular complexity index is 782. The zero-order chi connectivity index (χ0) is 17.3. The predicted octanol–water partition coefficient (Wildman–Crippen LogP) is 3.10. The van der Waals surface area contributed by atoms with Gasteiger partial charge in [-0.15, -0.1) is 0 Å². The van der Waals surface area contributed by atoms with Crippen LogP contribution >= 0.6 is 0 Å². The molecule has 1 fully saturated rings. The number of ether oxygens (including phenoxy) is 1. The van der Waals surface area contributed by atoms with E-state index in [0.29, 0.717) is 18.8 Å². The molecule has 2 heterocycles. The fourth-order valence-electron chi connectivity index (χ4n) is 2.62. The number of pyridine rings is 1. The summed E-state index contributed by atoms with van der Waals surface area (Å²) < 4.78 is 45.7. The molecule has 1 aromatic carbocycles. The molecular weight excluding hydrogens is 321 g/mol. The summed E-state index contributed by atoms with van der Waals surface area (Å²) in [5.41, 5.74) is 0.325. The average Bonchev–Trinajstić information content (AvgIpc) is 3.01. The van der Waals surface area contributed by atoms with Crippen LogP contribution in [-0.2, 0) is 0 Å². The minimum Gasteiger partial charge on any atom is -0.472 e. The fourth-order valence-corrected chi connectivity index (χ4v) is 2.62. The Morgan fingerprint density at radius 3 is 2.75 bits per heavy atom. The summed E-state index contributed by atoms with van der Waals surface area (Å²) in [4.78, 5) is 17.9. The van der Waals surface area contributed by atoms with E-state index >= 15 is 0 Å². The summed E-state index contributed by atoms with van der Waals surface area (Å²) in [7, 11) is 0. The number of carbonyl (C=O) groups excluding carboxylic acids is 1. The smallest absolute Gasteiger partial charge is 0.257 e. The number of aryl methyl sites for hydroxylation is 1. The normalized spacial score (nSPS) is 17.2. The highest BCUT2D eigenvalue weighted by Crippen LogP contribution is 2.21. The predicted molar refractivity (Wildman–Crippen MR) is 80.2 cm³/mol. The van der Waals surface area contributed by atoms with Crippen molar-refractivity contribution >= 4 is 5.91 Å². The van der Waals surface area contributed by atoms with E-state index in [1.165, 1.54) is 4.90 Å². The summed E-state index contributed by atoms with van der Waals surface area (Å²) in [6.07, 6.45) is 0.267. The first-order valence-corrected chi connectivity index (χ1v) is 7.49. The van der Waals surface area contributed by atoms with Crippen LogP contribution in [0.1, 0.15) is 22.5 Å². The summed E-state index contributed by atoms with van der Waals surface area (Å²) in [5, 5.41) is 0. The molecular formula is C17H15F3N2O2. The highest BCUT2D eigenvalue weighted by molar-refractivity contribution is 5.94. The van der Waals surface area contributed by atoms with Gasteiger partial charge in [0.05, 0.1) is 12.1 Å². The molecule has 3 rings (SSSR count). The third-order valence-corrected chi connectivity index (χ3v) is 3.85. The molecule has 1 aliphatic heterocycles. The molecule has 2 aromatic rings. The molecule has 24 heavy (non-hydrogen) atoms. The maximum atomic E-state index is 13.8. The van der Waals surface area contributed by atoms with E-state index in [0.717, 1.165) is 17.8 Å². The average molecular weight is 336 g/mol. The molecule has 1 saturated heterocycles. The molecule has 1 amide bonds. The van der Waals surface area contributed by atoms with Crippen molar-refractivity contribution in [3.63, 3.8) is 0 Å². The molecule has 126 valence electrons. The Balaban J connectivity index is 1.69. The molecule has 1 unspecified atom stereocenters. The Hall–Kier alpha value is -2.57. The lowest BCUT2D eigenvalue weighted by atomic mass is 10.1. The molecule has 7 heteroatoms. The van der Waals surface area contributed by atoms with Crippen LogP contribution in [0.3, 0.4) is 0 Å². The lowest BCUT2D eigenvalue weighted by Crippen LogP contribution is -2.31. The third kappa shape index (κ3) is 3.20. The molecule has 1 aromatic heterocycles. The second kappa shape index (κ2) is 6.51. The second-order valence-electron chi connectivity index (χ2n) is 5.62. The highest BCUT2D eigenvalue weighted by Gasteiger charge is 2.31. The topological polar surface area (TPSA) is 42.4 Å². The van der Waals surface area contributed by atoms with E-state index in [9.17, 15) is 18.0 Å². The van der Waals surface area contributed by atoms with Crippen molar-refractivity contribution in [2.45, 2.75) is 19.4 Å². The number of benzene rings is 1. The lowest BCUT2D eigenvalue weighted by Gasteiger charge is -2.17. The van der Waals surface area contributed by atoms with Gasteiger partial charge in [0, 0.05) is 24.7 Å². The van der Waals surface area contributed by atoms with Crippen LogP contribution in [0, 0.1) is 24.4 Å². The van der Waals surface area contributed by atoms with Crippen molar-refractivity contribution in [3.05, 3.63) is 59.0 Å². The molecule has 0 spiro atoms. The molecule has 0 saturated carbocycles. The minimum absolute atomic E-state index is 0.229. The number of hydrogen-bond donors (Lipinski definition) is 0. The van der Waals surface area contributed by atoms with Crippen LogP contribution in [-0.4, -0.2) is 35.0 Å². The van der Waals surface area contributed by atoms with E-state index in [2.05, 4.69) is 4.98 Å². The zero-order valence-corrected chi connectivity index (χ0v) is 12.9. The Morgan fingerprint density at radius 1 is 1.21 bits per heavy atom. The monoisotopic (exact) mass is 336 g/mol. The quantitative estimate of drug-likeness (QED) is 0.809. The van der Waals surface area contributed by atoms with Crippen LogP contribution in [0.4, 0.5) is 13.2 Å². The zero-order valence-electron chi connectivity index (χ0n) is 12.9. The first-order chi connectivity index (χ1) is 11.5. The second-order valence-corrected chi connectivity index (χ2v) is 5.62. The number of halogens is 3. The number of aromatic nitrogens is 1. The van der Waals surface area contributed by atoms with E-state index in [1.54, 1.807) is 6.07 Å². The van der Waals surface area contributed by atoms with E-state index in [1.807, 2.05) is 19.1 Å². The molecule has 0 aliphatic carbocycles. The number of amides is 1. The molecule has 0 radical (unpaired) electrons. The van der Waals surface area contributed by atoms with E-state index in [4.69, 9.17) is 4.74 Å². The minimum atomic E-state index is -1.64. The van der Waals surface area contributed by atoms with Crippen LogP contribution in [0.2, 0.25) is 0 Å². The van der Waals surface area contributed by atoms with Crippen molar-refractivity contribution in [3.8, 4) is 5.88 Å². The van der Waals surface area contributed by atoms with Gasteiger partial charge in [0.2, 0.25) is 5.88 Å². The molecule has 0 N–H and O–H groups in total.